The molecule has 0 radical (unpaired) electrons. The third kappa shape index (κ3) is 7.06. The van der Waals surface area contributed by atoms with Crippen molar-refractivity contribution in [3.63, 3.8) is 0 Å². The average molecular weight is 138 g/mol. The molecule has 0 aromatic heterocycles. The summed E-state index contributed by atoms with van der Waals surface area (Å²) in [7, 11) is 0. The molecule has 0 spiro atoms. The Labute approximate surface area is 62.7 Å². The predicted molar refractivity (Wildman–Crippen MR) is 43.7 cm³/mol. The second kappa shape index (κ2) is 8.06. The van der Waals surface area contributed by atoms with E-state index in [1.807, 2.05) is 0 Å². The molecule has 0 N–H and O–H groups in total. The van der Waals surface area contributed by atoms with Crippen LogP contribution in [0, 0.1) is 0 Å². The third-order valence-electron chi connectivity index (χ3n) is 0.971. The van der Waals surface area contributed by atoms with Crippen LogP contribution >= 0.6 is 0 Å². The van der Waals surface area contributed by atoms with Crippen molar-refractivity contribution in [2.75, 3.05) is 6.61 Å². The van der Waals surface area contributed by atoms with Gasteiger partial charge in [0.2, 0.25) is 0 Å². The van der Waals surface area contributed by atoms with Gasteiger partial charge in [0.05, 0.1) is 6.61 Å². The van der Waals surface area contributed by atoms with Gasteiger partial charge in [-0.3, -0.25) is 0 Å². The number of hydrogen-bond acceptors (Lipinski definition) is 1. The minimum Gasteiger partial charge on any atom is -0.493 e. The van der Waals surface area contributed by atoms with E-state index in [4.69, 9.17) is 4.74 Å². The van der Waals surface area contributed by atoms with E-state index in [1.54, 1.807) is 0 Å². The average Bonchev–Trinajstić information content (AvgIpc) is 1.97. The Morgan fingerprint density at radius 1 is 1.50 bits per heavy atom. The van der Waals surface area contributed by atoms with Crippen molar-refractivity contribution in [1.29, 1.82) is 0 Å². The zero-order valence-corrected chi connectivity index (χ0v) is 6.47. The molecule has 0 unspecified atom stereocenters. The first-order valence-corrected chi connectivity index (χ1v) is 3.52. The molecule has 0 aromatic carbocycles. The Morgan fingerprint density at radius 3 is 2.90 bits per heavy atom. The maximum atomic E-state index is 4.98. The molecule has 0 bridgehead atoms. The molecule has 0 aliphatic carbocycles. The third-order valence-corrected chi connectivity index (χ3v) is 0.971. The number of rotatable bonds is 5. The van der Waals surface area contributed by atoms with Gasteiger partial charge in [-0.25, -0.2) is 0 Å². The molecule has 1 heteroatoms. The first-order valence-electron chi connectivity index (χ1n) is 3.52. The van der Waals surface area contributed by atoms with Crippen LogP contribution in [0.25, 0.3) is 0 Å². The predicted octanol–water partition coefficient (Wildman–Crippen LogP) is 2.66. The van der Waals surface area contributed by atoms with Gasteiger partial charge in [0.25, 0.3) is 0 Å². The molecule has 0 aliphatic heterocycles. The summed E-state index contributed by atoms with van der Waals surface area (Å²) < 4.78 is 4.98. The van der Waals surface area contributed by atoms with E-state index >= 15 is 0 Å². The molecule has 56 valence electrons. The first kappa shape index (κ1) is 9.06. The van der Waals surface area contributed by atoms with Gasteiger partial charge in [0, 0.05) is 0 Å². The Hall–Kier alpha value is -0.940. The highest BCUT2D eigenvalue weighted by atomic mass is 16.5. The van der Waals surface area contributed by atoms with Gasteiger partial charge in [0.1, 0.15) is 6.26 Å². The highest BCUT2D eigenvalue weighted by Gasteiger charge is 1.76. The maximum absolute atomic E-state index is 4.98. The Bertz CT molecular complexity index is 130. The molecular weight excluding hydrogens is 124 g/mol. The Morgan fingerprint density at radius 2 is 2.30 bits per heavy atom. The summed E-state index contributed by atoms with van der Waals surface area (Å²) in [5, 5.41) is 0. The van der Waals surface area contributed by atoms with Gasteiger partial charge in [0.15, 0.2) is 0 Å². The molecule has 0 aromatic rings. The summed E-state index contributed by atoms with van der Waals surface area (Å²) >= 11 is 0. The molecule has 0 atom stereocenters. The van der Waals surface area contributed by atoms with Gasteiger partial charge < -0.3 is 4.74 Å². The van der Waals surface area contributed by atoms with Crippen LogP contribution in [0.2, 0.25) is 0 Å². The molecule has 0 heterocycles. The second-order valence-electron chi connectivity index (χ2n) is 1.86. The summed E-state index contributed by atoms with van der Waals surface area (Å²) in [5.41, 5.74) is 2.54. The van der Waals surface area contributed by atoms with Crippen molar-refractivity contribution >= 4 is 0 Å². The van der Waals surface area contributed by atoms with Crippen LogP contribution in [-0.2, 0) is 4.74 Å². The fraction of sp³-hybridized carbons (Fsp3) is 0.444. The summed E-state index contributed by atoms with van der Waals surface area (Å²) in [6.07, 6.45) is 7.78. The van der Waals surface area contributed by atoms with Crippen LogP contribution in [0.3, 0.4) is 0 Å². The molecule has 0 aliphatic rings. The summed E-state index contributed by atoms with van der Waals surface area (Å²) in [5.74, 6) is 0. The van der Waals surface area contributed by atoms with Gasteiger partial charge in [-0.2, -0.15) is 0 Å². The van der Waals surface area contributed by atoms with Crippen LogP contribution in [-0.4, -0.2) is 6.61 Å². The molecule has 0 amide bonds. The van der Waals surface area contributed by atoms with E-state index in [0.29, 0.717) is 0 Å². The lowest BCUT2D eigenvalue weighted by Crippen LogP contribution is -1.82. The van der Waals surface area contributed by atoms with Crippen molar-refractivity contribution in [3.05, 3.63) is 30.7 Å². The van der Waals surface area contributed by atoms with Gasteiger partial charge in [-0.05, 0) is 12.8 Å². The van der Waals surface area contributed by atoms with Gasteiger partial charge in [-0.1, -0.05) is 31.4 Å². The molecule has 1 nitrogen and oxygen atoms in total. The van der Waals surface area contributed by atoms with E-state index < -0.39 is 0 Å². The van der Waals surface area contributed by atoms with E-state index in [0.717, 1.165) is 19.4 Å². The minimum atomic E-state index is 0.721. The zero-order valence-electron chi connectivity index (χ0n) is 6.47. The monoisotopic (exact) mass is 138 g/mol. The molecule has 0 fully saturated rings. The van der Waals surface area contributed by atoms with E-state index in [2.05, 4.69) is 31.4 Å². The second-order valence-corrected chi connectivity index (χ2v) is 1.86. The van der Waals surface area contributed by atoms with E-state index in [1.165, 1.54) is 6.26 Å². The summed E-state index contributed by atoms with van der Waals surface area (Å²) in [6, 6.07) is 0. The standard InChI is InChI=1S/C9H14O/c1-3-5-6-7-9-10-8-4-2/h5-6,8H,2-3,7,9H2,1H3/b6-5-. The van der Waals surface area contributed by atoms with Crippen molar-refractivity contribution < 1.29 is 4.74 Å². The SMILES string of the molecule is C=C=COCC/C=C\CC. The highest BCUT2D eigenvalue weighted by Crippen LogP contribution is 1.87. The van der Waals surface area contributed by atoms with Crippen molar-refractivity contribution in [2.24, 2.45) is 0 Å². The number of allylic oxidation sites excluding steroid dienone is 1. The smallest absolute Gasteiger partial charge is 0.124 e. The largest absolute Gasteiger partial charge is 0.493 e. The summed E-state index contributed by atoms with van der Waals surface area (Å²) in [4.78, 5) is 0. The fourth-order valence-corrected chi connectivity index (χ4v) is 0.538. The summed E-state index contributed by atoms with van der Waals surface area (Å²) in [6.45, 7) is 6.20. The van der Waals surface area contributed by atoms with Crippen LogP contribution < -0.4 is 0 Å². The van der Waals surface area contributed by atoms with E-state index in [-0.39, 0.29) is 0 Å². The lowest BCUT2D eigenvalue weighted by molar-refractivity contribution is 0.257. The fourth-order valence-electron chi connectivity index (χ4n) is 0.538. The van der Waals surface area contributed by atoms with Crippen molar-refractivity contribution in [3.8, 4) is 0 Å². The lowest BCUT2D eigenvalue weighted by atomic mass is 10.3. The van der Waals surface area contributed by atoms with Crippen molar-refractivity contribution in [2.45, 2.75) is 19.8 Å². The highest BCUT2D eigenvalue weighted by molar-refractivity contribution is 4.80. The lowest BCUT2D eigenvalue weighted by Gasteiger charge is -1.92. The molecule has 0 saturated heterocycles. The normalized spacial score (nSPS) is 9.30. The molecular formula is C9H14O. The molecule has 10 heavy (non-hydrogen) atoms. The Kier molecular flexibility index (Phi) is 7.30. The van der Waals surface area contributed by atoms with Crippen LogP contribution in [0.4, 0.5) is 0 Å². The number of hydrogen-bond donors (Lipinski definition) is 0. The first-order chi connectivity index (χ1) is 4.91. The van der Waals surface area contributed by atoms with E-state index in [9.17, 15) is 0 Å². The molecule has 0 saturated carbocycles. The van der Waals surface area contributed by atoms with Gasteiger partial charge >= 0.3 is 0 Å². The van der Waals surface area contributed by atoms with Crippen molar-refractivity contribution in [1.82, 2.24) is 0 Å². The van der Waals surface area contributed by atoms with Crippen LogP contribution in [0.5, 0.6) is 0 Å². The zero-order chi connectivity index (χ0) is 7.66. The number of ether oxygens (including phenoxy) is 1. The topological polar surface area (TPSA) is 9.23 Å². The van der Waals surface area contributed by atoms with Crippen LogP contribution in [0.1, 0.15) is 19.8 Å². The Balaban J connectivity index is 3.04. The quantitative estimate of drug-likeness (QED) is 0.245. The van der Waals surface area contributed by atoms with Gasteiger partial charge in [-0.15, -0.1) is 0 Å². The van der Waals surface area contributed by atoms with Crippen LogP contribution in [0.15, 0.2) is 30.7 Å². The minimum absolute atomic E-state index is 0.721. The molecule has 0 rings (SSSR count). The maximum Gasteiger partial charge on any atom is 0.124 e.